The number of nitrogens with one attached hydrogen (secondary N) is 2. The molecule has 2 aromatic rings. The smallest absolute Gasteiger partial charge is 0.261 e. The predicted octanol–water partition coefficient (Wildman–Crippen LogP) is 4.78. The van der Waals surface area contributed by atoms with Crippen molar-refractivity contribution in [2.75, 3.05) is 12.4 Å². The van der Waals surface area contributed by atoms with Gasteiger partial charge in [0, 0.05) is 20.8 Å². The van der Waals surface area contributed by atoms with Crippen LogP contribution in [0.15, 0.2) is 36.4 Å². The van der Waals surface area contributed by atoms with Crippen LogP contribution in [-0.4, -0.2) is 18.1 Å². The maximum Gasteiger partial charge on any atom is 0.261 e. The van der Waals surface area contributed by atoms with Crippen LogP contribution in [0.3, 0.4) is 0 Å². The molecule has 120 valence electrons. The third-order valence-electron chi connectivity index (χ3n) is 2.75. The number of carbonyl (C=O) groups excluding carboxylic acids is 1. The van der Waals surface area contributed by atoms with E-state index in [1.165, 1.54) is 13.2 Å². The molecule has 23 heavy (non-hydrogen) atoms. The third kappa shape index (κ3) is 4.97. The van der Waals surface area contributed by atoms with Gasteiger partial charge in [-0.3, -0.25) is 10.1 Å². The van der Waals surface area contributed by atoms with Crippen molar-refractivity contribution in [1.29, 1.82) is 0 Å². The molecule has 0 aliphatic carbocycles. The fourth-order valence-electron chi connectivity index (χ4n) is 1.82. The number of halogens is 3. The molecule has 8 heteroatoms. The lowest BCUT2D eigenvalue weighted by atomic mass is 10.2. The van der Waals surface area contributed by atoms with Gasteiger partial charge in [-0.1, -0.05) is 34.8 Å². The molecule has 0 saturated carbocycles. The van der Waals surface area contributed by atoms with Gasteiger partial charge in [-0.2, -0.15) is 0 Å². The van der Waals surface area contributed by atoms with Crippen molar-refractivity contribution in [1.82, 2.24) is 5.32 Å². The second kappa shape index (κ2) is 7.84. The number of hydrogen-bond donors (Lipinski definition) is 2. The number of carbonyl (C=O) groups is 1. The molecule has 4 nitrogen and oxygen atoms in total. The van der Waals surface area contributed by atoms with Gasteiger partial charge in [0.1, 0.15) is 5.75 Å². The molecular weight excluding hydrogens is 379 g/mol. The van der Waals surface area contributed by atoms with Gasteiger partial charge in [0.2, 0.25) is 0 Å². The fraction of sp³-hybridized carbons (Fsp3) is 0.0667. The average Bonchev–Trinajstić information content (AvgIpc) is 2.45. The van der Waals surface area contributed by atoms with E-state index in [0.717, 1.165) is 0 Å². The van der Waals surface area contributed by atoms with E-state index >= 15 is 0 Å². The zero-order valence-electron chi connectivity index (χ0n) is 11.8. The molecule has 0 atom stereocenters. The molecule has 2 N–H and O–H groups in total. The van der Waals surface area contributed by atoms with Crippen LogP contribution in [0.1, 0.15) is 10.4 Å². The first-order chi connectivity index (χ1) is 10.9. The van der Waals surface area contributed by atoms with E-state index in [2.05, 4.69) is 10.6 Å². The third-order valence-corrected chi connectivity index (χ3v) is 3.63. The number of benzene rings is 2. The Balaban J connectivity index is 2.11. The van der Waals surface area contributed by atoms with E-state index in [1.54, 1.807) is 30.3 Å². The Morgan fingerprint density at radius 1 is 1.04 bits per heavy atom. The van der Waals surface area contributed by atoms with Crippen LogP contribution in [0.4, 0.5) is 5.69 Å². The Morgan fingerprint density at radius 3 is 2.30 bits per heavy atom. The highest BCUT2D eigenvalue weighted by atomic mass is 35.5. The number of amides is 1. The van der Waals surface area contributed by atoms with Gasteiger partial charge < -0.3 is 10.1 Å². The summed E-state index contributed by atoms with van der Waals surface area (Å²) < 4.78 is 5.13. The van der Waals surface area contributed by atoms with Crippen LogP contribution in [-0.2, 0) is 0 Å². The Hall–Kier alpha value is -1.53. The summed E-state index contributed by atoms with van der Waals surface area (Å²) in [5.74, 6) is -0.0597. The molecule has 2 rings (SSSR count). The van der Waals surface area contributed by atoms with Crippen molar-refractivity contribution < 1.29 is 9.53 Å². The van der Waals surface area contributed by atoms with Crippen molar-refractivity contribution in [3.63, 3.8) is 0 Å². The van der Waals surface area contributed by atoms with E-state index in [4.69, 9.17) is 51.8 Å². The van der Waals surface area contributed by atoms with Gasteiger partial charge in [-0.15, -0.1) is 0 Å². The maximum absolute atomic E-state index is 12.3. The molecule has 0 aromatic heterocycles. The summed E-state index contributed by atoms with van der Waals surface area (Å²) in [6, 6.07) is 9.57. The highest BCUT2D eigenvalue weighted by Crippen LogP contribution is 2.24. The second-order valence-electron chi connectivity index (χ2n) is 4.41. The Kier molecular flexibility index (Phi) is 6.07. The van der Waals surface area contributed by atoms with Gasteiger partial charge in [-0.25, -0.2) is 0 Å². The molecule has 0 spiro atoms. The van der Waals surface area contributed by atoms with Crippen LogP contribution in [0, 0.1) is 0 Å². The van der Waals surface area contributed by atoms with Gasteiger partial charge in [0.15, 0.2) is 5.11 Å². The molecule has 0 aliphatic heterocycles. The maximum atomic E-state index is 12.3. The zero-order chi connectivity index (χ0) is 17.0. The Bertz CT molecular complexity index is 748. The first kappa shape index (κ1) is 17.8. The number of methoxy groups -OCH3 is 1. The van der Waals surface area contributed by atoms with Gasteiger partial charge in [0.05, 0.1) is 12.7 Å². The summed E-state index contributed by atoms with van der Waals surface area (Å²) >= 11 is 22.8. The van der Waals surface area contributed by atoms with Crippen molar-refractivity contribution >= 4 is 63.7 Å². The van der Waals surface area contributed by atoms with Crippen LogP contribution < -0.4 is 15.4 Å². The number of thiocarbonyl (C=S) groups is 1. The first-order valence-electron chi connectivity index (χ1n) is 6.31. The SMILES string of the molecule is COc1ccc(Cl)cc1C(=O)NC(=S)Nc1cc(Cl)cc(Cl)c1. The summed E-state index contributed by atoms with van der Waals surface area (Å²) in [5, 5.41) is 6.78. The Labute approximate surface area is 153 Å². The van der Waals surface area contributed by atoms with E-state index in [0.29, 0.717) is 26.5 Å². The van der Waals surface area contributed by atoms with Crippen LogP contribution in [0.2, 0.25) is 15.1 Å². The van der Waals surface area contributed by atoms with Gasteiger partial charge in [-0.05, 0) is 48.6 Å². The largest absolute Gasteiger partial charge is 0.496 e. The highest BCUT2D eigenvalue weighted by molar-refractivity contribution is 7.80. The lowest BCUT2D eigenvalue weighted by Crippen LogP contribution is -2.34. The zero-order valence-corrected chi connectivity index (χ0v) is 14.9. The minimum atomic E-state index is -0.449. The number of anilines is 1. The molecule has 0 bridgehead atoms. The van der Waals surface area contributed by atoms with Crippen LogP contribution in [0.5, 0.6) is 5.75 Å². The second-order valence-corrected chi connectivity index (χ2v) is 6.13. The molecule has 0 saturated heterocycles. The van der Waals surface area contributed by atoms with Gasteiger partial charge in [0.25, 0.3) is 5.91 Å². The summed E-state index contributed by atoms with van der Waals surface area (Å²) in [6.45, 7) is 0. The molecule has 0 radical (unpaired) electrons. The van der Waals surface area contributed by atoms with Gasteiger partial charge >= 0.3 is 0 Å². The fourth-order valence-corrected chi connectivity index (χ4v) is 2.73. The average molecular weight is 390 g/mol. The summed E-state index contributed by atoms with van der Waals surface area (Å²) in [6.07, 6.45) is 0. The topological polar surface area (TPSA) is 50.4 Å². The highest BCUT2D eigenvalue weighted by Gasteiger charge is 2.14. The molecule has 0 fully saturated rings. The molecule has 2 aromatic carbocycles. The summed E-state index contributed by atoms with van der Waals surface area (Å²) in [4.78, 5) is 12.3. The van der Waals surface area contributed by atoms with E-state index < -0.39 is 5.91 Å². The minimum Gasteiger partial charge on any atom is -0.496 e. The van der Waals surface area contributed by atoms with Crippen molar-refractivity contribution in [3.8, 4) is 5.75 Å². The molecular formula is C15H11Cl3N2O2S. The van der Waals surface area contributed by atoms with Crippen molar-refractivity contribution in [2.24, 2.45) is 0 Å². The van der Waals surface area contributed by atoms with Crippen LogP contribution in [0.25, 0.3) is 0 Å². The molecule has 0 heterocycles. The molecule has 1 amide bonds. The summed E-state index contributed by atoms with van der Waals surface area (Å²) in [5.41, 5.74) is 0.833. The van der Waals surface area contributed by atoms with E-state index in [-0.39, 0.29) is 10.7 Å². The Morgan fingerprint density at radius 2 is 1.70 bits per heavy atom. The van der Waals surface area contributed by atoms with E-state index in [1.807, 2.05) is 0 Å². The van der Waals surface area contributed by atoms with E-state index in [9.17, 15) is 4.79 Å². The minimum absolute atomic E-state index is 0.0929. The normalized spacial score (nSPS) is 10.1. The molecule has 0 aliphatic rings. The molecule has 0 unspecified atom stereocenters. The lowest BCUT2D eigenvalue weighted by molar-refractivity contribution is 0.0975. The first-order valence-corrected chi connectivity index (χ1v) is 7.85. The predicted molar refractivity (Wildman–Crippen MR) is 98.2 cm³/mol. The number of hydrogen-bond acceptors (Lipinski definition) is 3. The summed E-state index contributed by atoms with van der Waals surface area (Å²) in [7, 11) is 1.46. The standard InChI is InChI=1S/C15H11Cl3N2O2S/c1-22-13-3-2-8(16)7-12(13)14(21)20-15(23)19-11-5-9(17)4-10(18)6-11/h2-7H,1H3,(H2,19,20,21,23). The lowest BCUT2D eigenvalue weighted by Gasteiger charge is -2.12. The number of ether oxygens (including phenoxy) is 1. The van der Waals surface area contributed by atoms with Crippen LogP contribution >= 0.6 is 47.0 Å². The monoisotopic (exact) mass is 388 g/mol. The van der Waals surface area contributed by atoms with Crippen molar-refractivity contribution in [3.05, 3.63) is 57.0 Å². The quantitative estimate of drug-likeness (QED) is 0.742. The van der Waals surface area contributed by atoms with Crippen molar-refractivity contribution in [2.45, 2.75) is 0 Å². The number of rotatable bonds is 3.